The summed E-state index contributed by atoms with van der Waals surface area (Å²) in [6, 6.07) is 5.34. The number of aliphatic imine (C=N–C) groups is 1. The van der Waals surface area contributed by atoms with Crippen LogP contribution in [0, 0.1) is 11.5 Å². The first-order valence-electron chi connectivity index (χ1n) is 15.0. The summed E-state index contributed by atoms with van der Waals surface area (Å²) in [4.78, 5) is 7.12. The van der Waals surface area contributed by atoms with Gasteiger partial charge in [-0.3, -0.25) is 0 Å². The van der Waals surface area contributed by atoms with Crippen molar-refractivity contribution in [3.8, 4) is 11.9 Å². The smallest absolute Gasteiger partial charge is 0.209 e. The number of guanidine groups is 1. The molecule has 6 heteroatoms. The minimum atomic E-state index is 0.267. The molecule has 2 aromatic rings. The van der Waals surface area contributed by atoms with Crippen LogP contribution in [0.4, 0.5) is 0 Å². The summed E-state index contributed by atoms with van der Waals surface area (Å²) in [7, 11) is 0. The third kappa shape index (κ3) is 14.0. The van der Waals surface area contributed by atoms with Crippen LogP contribution >= 0.6 is 0 Å². The summed E-state index contributed by atoms with van der Waals surface area (Å²) >= 11 is 0. The van der Waals surface area contributed by atoms with E-state index in [4.69, 9.17) is 5.26 Å². The summed E-state index contributed by atoms with van der Waals surface area (Å²) in [5.74, 6) is 0.811. The highest BCUT2D eigenvalue weighted by molar-refractivity contribution is 5.85. The molecule has 0 aliphatic heterocycles. The number of nitrogens with zero attached hydrogens (tertiary/aromatic N) is 2. The molecule has 206 valence electrons. The van der Waals surface area contributed by atoms with Gasteiger partial charge in [-0.1, -0.05) is 110 Å². The van der Waals surface area contributed by atoms with E-state index < -0.39 is 0 Å². The van der Waals surface area contributed by atoms with Crippen LogP contribution in [-0.4, -0.2) is 29.1 Å². The fourth-order valence-electron chi connectivity index (χ4n) is 4.94. The van der Waals surface area contributed by atoms with Crippen molar-refractivity contribution in [2.24, 2.45) is 4.99 Å². The quantitative estimate of drug-likeness (QED) is 0.0592. The van der Waals surface area contributed by atoms with Gasteiger partial charge in [0.15, 0.2) is 0 Å². The first kappa shape index (κ1) is 30.5. The van der Waals surface area contributed by atoms with Crippen LogP contribution < -0.4 is 10.6 Å². The van der Waals surface area contributed by atoms with Gasteiger partial charge >= 0.3 is 0 Å². The predicted octanol–water partition coefficient (Wildman–Crippen LogP) is 8.08. The van der Waals surface area contributed by atoms with E-state index in [1.54, 1.807) is 12.1 Å². The fourth-order valence-corrected chi connectivity index (χ4v) is 4.94. The number of nitriles is 1. The first-order chi connectivity index (χ1) is 18.2. The van der Waals surface area contributed by atoms with E-state index in [1.807, 2.05) is 18.5 Å². The molecule has 0 aliphatic rings. The maximum absolute atomic E-state index is 9.74. The number of fused-ring (bicyclic) bond motifs is 1. The highest BCUT2D eigenvalue weighted by atomic mass is 16.3. The Labute approximate surface area is 225 Å². The molecule has 4 N–H and O–H groups in total. The zero-order chi connectivity index (χ0) is 26.4. The van der Waals surface area contributed by atoms with Crippen molar-refractivity contribution in [3.63, 3.8) is 0 Å². The van der Waals surface area contributed by atoms with Gasteiger partial charge in [-0.05, 0) is 36.6 Å². The van der Waals surface area contributed by atoms with Crippen molar-refractivity contribution in [3.05, 3.63) is 30.0 Å². The fraction of sp³-hybridized carbons (Fsp3) is 0.677. The second-order valence-corrected chi connectivity index (χ2v) is 10.4. The lowest BCUT2D eigenvalue weighted by Crippen LogP contribution is -2.38. The van der Waals surface area contributed by atoms with Crippen molar-refractivity contribution in [2.75, 3.05) is 13.1 Å². The summed E-state index contributed by atoms with van der Waals surface area (Å²) in [6.07, 6.45) is 27.9. The third-order valence-corrected chi connectivity index (χ3v) is 7.17. The van der Waals surface area contributed by atoms with E-state index in [0.717, 1.165) is 35.9 Å². The highest BCUT2D eigenvalue weighted by Crippen LogP contribution is 2.23. The van der Waals surface area contributed by atoms with Crippen LogP contribution in [0.5, 0.6) is 5.75 Å². The zero-order valence-corrected chi connectivity index (χ0v) is 23.3. The van der Waals surface area contributed by atoms with Crippen LogP contribution in [0.25, 0.3) is 10.9 Å². The number of phenolic OH excluding ortho intramolecular Hbond substituents is 1. The van der Waals surface area contributed by atoms with Gasteiger partial charge in [-0.2, -0.15) is 5.26 Å². The number of rotatable bonds is 21. The Bertz CT molecular complexity index is 914. The van der Waals surface area contributed by atoms with E-state index in [0.29, 0.717) is 12.5 Å². The summed E-state index contributed by atoms with van der Waals surface area (Å²) in [5, 5.41) is 26.3. The Kier molecular flexibility index (Phi) is 16.8. The van der Waals surface area contributed by atoms with Crippen molar-refractivity contribution in [1.29, 1.82) is 5.26 Å². The molecule has 1 aromatic carbocycles. The number of aromatic amines is 1. The van der Waals surface area contributed by atoms with E-state index in [1.165, 1.54) is 103 Å². The molecule has 0 unspecified atom stereocenters. The number of nitrogens with one attached hydrogen (secondary N) is 3. The average Bonchev–Trinajstić information content (AvgIpc) is 3.29. The zero-order valence-electron chi connectivity index (χ0n) is 23.3. The standard InChI is InChI=1S/C31H51N5O/c1-2-3-4-5-6-7-8-9-10-11-12-13-14-15-16-17-18-22-33-31(36-26-32)34-23-21-27-25-35-30-20-19-28(37)24-29(27)30/h19-20,24-25,35,37H,2-18,21-23H2,1H3,(H2,33,34,36). The summed E-state index contributed by atoms with van der Waals surface area (Å²) in [5.41, 5.74) is 2.14. The molecule has 2 rings (SSSR count). The maximum atomic E-state index is 9.74. The SMILES string of the molecule is CCCCCCCCCCCCCCCCCCCN/C(=N\C#N)NCCc1c[nH]c2ccc(O)cc12. The van der Waals surface area contributed by atoms with Gasteiger partial charge in [0.1, 0.15) is 5.75 Å². The van der Waals surface area contributed by atoms with Crippen LogP contribution in [0.15, 0.2) is 29.4 Å². The van der Waals surface area contributed by atoms with Crippen LogP contribution in [0.3, 0.4) is 0 Å². The Balaban J connectivity index is 1.41. The molecule has 6 nitrogen and oxygen atoms in total. The summed E-state index contributed by atoms with van der Waals surface area (Å²) < 4.78 is 0. The Morgan fingerprint density at radius 3 is 1.92 bits per heavy atom. The Morgan fingerprint density at radius 2 is 1.35 bits per heavy atom. The minimum Gasteiger partial charge on any atom is -0.508 e. The number of unbranched alkanes of at least 4 members (excludes halogenated alkanes) is 16. The predicted molar refractivity (Wildman–Crippen MR) is 157 cm³/mol. The molecule has 37 heavy (non-hydrogen) atoms. The lowest BCUT2D eigenvalue weighted by Gasteiger charge is -2.11. The first-order valence-corrected chi connectivity index (χ1v) is 15.0. The van der Waals surface area contributed by atoms with E-state index in [-0.39, 0.29) is 5.75 Å². The molecule has 1 heterocycles. The molecule has 0 fully saturated rings. The largest absolute Gasteiger partial charge is 0.508 e. The average molecular weight is 510 g/mol. The molecule has 0 aliphatic carbocycles. The number of hydrogen-bond acceptors (Lipinski definition) is 3. The highest BCUT2D eigenvalue weighted by Gasteiger charge is 2.05. The van der Waals surface area contributed by atoms with Gasteiger partial charge in [-0.15, -0.1) is 4.99 Å². The van der Waals surface area contributed by atoms with Crippen LogP contribution in [-0.2, 0) is 6.42 Å². The molecule has 0 spiro atoms. The van der Waals surface area contributed by atoms with Gasteiger partial charge < -0.3 is 20.7 Å². The molecule has 0 atom stereocenters. The second kappa shape index (κ2) is 20.4. The molecule has 1 aromatic heterocycles. The Hall–Kier alpha value is -2.68. The maximum Gasteiger partial charge on any atom is 0.209 e. The van der Waals surface area contributed by atoms with E-state index >= 15 is 0 Å². The van der Waals surface area contributed by atoms with Gasteiger partial charge in [0.2, 0.25) is 12.2 Å². The van der Waals surface area contributed by atoms with Gasteiger partial charge in [-0.25, -0.2) is 0 Å². The van der Waals surface area contributed by atoms with Crippen molar-refractivity contribution in [2.45, 2.75) is 122 Å². The lowest BCUT2D eigenvalue weighted by molar-refractivity contribution is 0.476. The Morgan fingerprint density at radius 1 is 0.811 bits per heavy atom. The third-order valence-electron chi connectivity index (χ3n) is 7.17. The van der Waals surface area contributed by atoms with Crippen LogP contribution in [0.1, 0.15) is 122 Å². The normalized spacial score (nSPS) is 11.6. The number of aromatic nitrogens is 1. The van der Waals surface area contributed by atoms with Crippen molar-refractivity contribution < 1.29 is 5.11 Å². The van der Waals surface area contributed by atoms with Crippen molar-refractivity contribution in [1.82, 2.24) is 15.6 Å². The molecular weight excluding hydrogens is 458 g/mol. The number of benzene rings is 1. The van der Waals surface area contributed by atoms with Crippen LogP contribution in [0.2, 0.25) is 0 Å². The number of aromatic hydroxyl groups is 1. The van der Waals surface area contributed by atoms with Gasteiger partial charge in [0.05, 0.1) is 0 Å². The number of phenols is 1. The topological polar surface area (TPSA) is 96.2 Å². The molecular formula is C31H51N5O. The molecule has 0 bridgehead atoms. The monoisotopic (exact) mass is 509 g/mol. The molecule has 0 radical (unpaired) electrons. The molecule has 0 saturated heterocycles. The van der Waals surface area contributed by atoms with Gasteiger partial charge in [0.25, 0.3) is 0 Å². The van der Waals surface area contributed by atoms with Crippen molar-refractivity contribution >= 4 is 16.9 Å². The molecule has 0 amide bonds. The second-order valence-electron chi connectivity index (χ2n) is 10.4. The van der Waals surface area contributed by atoms with E-state index in [2.05, 4.69) is 27.5 Å². The molecule has 0 saturated carbocycles. The lowest BCUT2D eigenvalue weighted by atomic mass is 10.0. The van der Waals surface area contributed by atoms with E-state index in [9.17, 15) is 5.11 Å². The van der Waals surface area contributed by atoms with Gasteiger partial charge in [0, 0.05) is 30.2 Å². The number of H-pyrrole nitrogens is 1. The number of hydrogen-bond donors (Lipinski definition) is 4. The summed E-state index contributed by atoms with van der Waals surface area (Å²) in [6.45, 7) is 3.77. The minimum absolute atomic E-state index is 0.267.